The summed E-state index contributed by atoms with van der Waals surface area (Å²) in [5.41, 5.74) is 2.75. The molecule has 0 heterocycles. The maximum atomic E-state index is 5.50. The first-order valence-corrected chi connectivity index (χ1v) is 4.86. The number of benzene rings is 1. The molecule has 0 fully saturated rings. The number of aryl methyl sites for hydroxylation is 1. The molecule has 0 unspecified atom stereocenters. The van der Waals surface area contributed by atoms with E-state index in [1.165, 1.54) is 11.1 Å². The summed E-state index contributed by atoms with van der Waals surface area (Å²) in [5.74, 6) is 0. The smallest absolute Gasteiger partial charge is 0.0519 e. The summed E-state index contributed by atoms with van der Waals surface area (Å²) < 4.78 is 5.50. The molecule has 1 aromatic rings. The second-order valence-corrected chi connectivity index (χ2v) is 3.60. The molecule has 0 saturated heterocycles. The van der Waals surface area contributed by atoms with Crippen LogP contribution in [0.3, 0.4) is 0 Å². The molecule has 0 aliphatic heterocycles. The molecule has 1 heteroatoms. The quantitative estimate of drug-likeness (QED) is 0.688. The monoisotopic (exact) mass is 178 g/mol. The number of hydrogen-bond acceptors (Lipinski definition) is 1. The molecular formula is C12H18O. The van der Waals surface area contributed by atoms with Gasteiger partial charge in [0.05, 0.1) is 12.7 Å². The lowest BCUT2D eigenvalue weighted by Crippen LogP contribution is -2.06. The van der Waals surface area contributed by atoms with Gasteiger partial charge in [-0.1, -0.05) is 24.3 Å². The summed E-state index contributed by atoms with van der Waals surface area (Å²) in [6.45, 7) is 7.10. The van der Waals surface area contributed by atoms with Crippen molar-refractivity contribution in [3.8, 4) is 0 Å². The normalized spacial score (nSPS) is 10.8. The van der Waals surface area contributed by atoms with E-state index in [-0.39, 0.29) is 0 Å². The van der Waals surface area contributed by atoms with Crippen LogP contribution in [0.4, 0.5) is 0 Å². The molecule has 0 bridgehead atoms. The largest absolute Gasteiger partial charge is 0.378 e. The Balaban J connectivity index is 2.41. The topological polar surface area (TPSA) is 9.23 Å². The van der Waals surface area contributed by atoms with Crippen LogP contribution in [0.25, 0.3) is 0 Å². The molecule has 0 atom stereocenters. The standard InChI is InChI=1S/C12H18O/c1-10(2)13-9-8-12-7-5-4-6-11(12)3/h4-7,10H,8-9H2,1-3H3. The van der Waals surface area contributed by atoms with Crippen LogP contribution in [0.2, 0.25) is 0 Å². The molecule has 1 nitrogen and oxygen atoms in total. The van der Waals surface area contributed by atoms with Gasteiger partial charge in [0.2, 0.25) is 0 Å². The zero-order chi connectivity index (χ0) is 9.68. The Morgan fingerprint density at radius 2 is 1.92 bits per heavy atom. The molecule has 0 aromatic heterocycles. The van der Waals surface area contributed by atoms with Crippen LogP contribution in [0.15, 0.2) is 24.3 Å². The first-order chi connectivity index (χ1) is 6.20. The van der Waals surface area contributed by atoms with Crippen LogP contribution in [-0.2, 0) is 11.2 Å². The van der Waals surface area contributed by atoms with Crippen molar-refractivity contribution in [1.82, 2.24) is 0 Å². The highest BCUT2D eigenvalue weighted by molar-refractivity contribution is 5.25. The fraction of sp³-hybridized carbons (Fsp3) is 0.500. The Kier molecular flexibility index (Phi) is 3.97. The Bertz CT molecular complexity index is 253. The van der Waals surface area contributed by atoms with Gasteiger partial charge in [0.15, 0.2) is 0 Å². The molecule has 0 spiro atoms. The molecule has 0 radical (unpaired) electrons. The lowest BCUT2D eigenvalue weighted by Gasteiger charge is -2.08. The zero-order valence-corrected chi connectivity index (χ0v) is 8.71. The van der Waals surface area contributed by atoms with E-state index < -0.39 is 0 Å². The summed E-state index contributed by atoms with van der Waals surface area (Å²) in [4.78, 5) is 0. The van der Waals surface area contributed by atoms with Crippen molar-refractivity contribution >= 4 is 0 Å². The Labute approximate surface area is 80.7 Å². The van der Waals surface area contributed by atoms with E-state index in [2.05, 4.69) is 45.0 Å². The summed E-state index contributed by atoms with van der Waals surface area (Å²) >= 11 is 0. The van der Waals surface area contributed by atoms with Crippen molar-refractivity contribution < 1.29 is 4.74 Å². The first kappa shape index (κ1) is 10.3. The maximum absolute atomic E-state index is 5.50. The Morgan fingerprint density at radius 3 is 2.54 bits per heavy atom. The van der Waals surface area contributed by atoms with Crippen molar-refractivity contribution in [2.45, 2.75) is 33.3 Å². The fourth-order valence-electron chi connectivity index (χ4n) is 1.30. The molecule has 1 aromatic carbocycles. The highest BCUT2D eigenvalue weighted by Gasteiger charge is 1.97. The van der Waals surface area contributed by atoms with E-state index in [1.807, 2.05) is 0 Å². The van der Waals surface area contributed by atoms with E-state index in [1.54, 1.807) is 0 Å². The lowest BCUT2D eigenvalue weighted by atomic mass is 10.1. The predicted molar refractivity (Wildman–Crippen MR) is 56.0 cm³/mol. The molecule has 0 aliphatic rings. The summed E-state index contributed by atoms with van der Waals surface area (Å²) in [6, 6.07) is 8.46. The third-order valence-corrected chi connectivity index (χ3v) is 2.08. The van der Waals surface area contributed by atoms with E-state index in [4.69, 9.17) is 4.74 Å². The van der Waals surface area contributed by atoms with E-state index >= 15 is 0 Å². The minimum absolute atomic E-state index is 0.337. The Morgan fingerprint density at radius 1 is 1.23 bits per heavy atom. The lowest BCUT2D eigenvalue weighted by molar-refractivity contribution is 0.0813. The van der Waals surface area contributed by atoms with Crippen molar-refractivity contribution in [3.05, 3.63) is 35.4 Å². The molecule has 1 rings (SSSR count). The van der Waals surface area contributed by atoms with Crippen molar-refractivity contribution in [1.29, 1.82) is 0 Å². The van der Waals surface area contributed by atoms with Crippen LogP contribution < -0.4 is 0 Å². The second-order valence-electron chi connectivity index (χ2n) is 3.60. The molecule has 13 heavy (non-hydrogen) atoms. The molecule has 0 amide bonds. The minimum atomic E-state index is 0.337. The van der Waals surface area contributed by atoms with Crippen LogP contribution in [0, 0.1) is 6.92 Å². The molecular weight excluding hydrogens is 160 g/mol. The van der Waals surface area contributed by atoms with E-state index in [0.717, 1.165) is 13.0 Å². The third-order valence-electron chi connectivity index (χ3n) is 2.08. The van der Waals surface area contributed by atoms with Gasteiger partial charge in [0, 0.05) is 0 Å². The Hall–Kier alpha value is -0.820. The first-order valence-electron chi connectivity index (χ1n) is 4.86. The van der Waals surface area contributed by atoms with Gasteiger partial charge in [0.1, 0.15) is 0 Å². The minimum Gasteiger partial charge on any atom is -0.378 e. The van der Waals surface area contributed by atoms with Crippen molar-refractivity contribution in [2.75, 3.05) is 6.61 Å². The van der Waals surface area contributed by atoms with Crippen molar-refractivity contribution in [2.24, 2.45) is 0 Å². The second kappa shape index (κ2) is 5.03. The predicted octanol–water partition coefficient (Wildman–Crippen LogP) is 2.96. The van der Waals surface area contributed by atoms with Gasteiger partial charge in [-0.15, -0.1) is 0 Å². The van der Waals surface area contributed by atoms with E-state index in [0.29, 0.717) is 6.10 Å². The van der Waals surface area contributed by atoms with Crippen LogP contribution in [0.5, 0.6) is 0 Å². The van der Waals surface area contributed by atoms with Gasteiger partial charge in [0.25, 0.3) is 0 Å². The van der Waals surface area contributed by atoms with Crippen molar-refractivity contribution in [3.63, 3.8) is 0 Å². The zero-order valence-electron chi connectivity index (χ0n) is 8.71. The SMILES string of the molecule is Cc1ccccc1CCOC(C)C. The third kappa shape index (κ3) is 3.60. The number of ether oxygens (including phenoxy) is 1. The molecule has 72 valence electrons. The number of rotatable bonds is 4. The van der Waals surface area contributed by atoms with Gasteiger partial charge >= 0.3 is 0 Å². The number of hydrogen-bond donors (Lipinski definition) is 0. The molecule has 0 aliphatic carbocycles. The maximum Gasteiger partial charge on any atom is 0.0519 e. The highest BCUT2D eigenvalue weighted by Crippen LogP contribution is 2.07. The van der Waals surface area contributed by atoms with Crippen LogP contribution >= 0.6 is 0 Å². The summed E-state index contributed by atoms with van der Waals surface area (Å²) in [7, 11) is 0. The van der Waals surface area contributed by atoms with Gasteiger partial charge < -0.3 is 4.74 Å². The van der Waals surface area contributed by atoms with Gasteiger partial charge in [-0.05, 0) is 38.3 Å². The van der Waals surface area contributed by atoms with E-state index in [9.17, 15) is 0 Å². The molecule has 0 N–H and O–H groups in total. The average Bonchev–Trinajstić information content (AvgIpc) is 2.08. The highest BCUT2D eigenvalue weighted by atomic mass is 16.5. The van der Waals surface area contributed by atoms with Gasteiger partial charge in [-0.2, -0.15) is 0 Å². The summed E-state index contributed by atoms with van der Waals surface area (Å²) in [5, 5.41) is 0. The fourth-order valence-corrected chi connectivity index (χ4v) is 1.30. The molecule has 0 saturated carbocycles. The van der Waals surface area contributed by atoms with Crippen LogP contribution in [-0.4, -0.2) is 12.7 Å². The van der Waals surface area contributed by atoms with Gasteiger partial charge in [-0.3, -0.25) is 0 Å². The van der Waals surface area contributed by atoms with Crippen LogP contribution in [0.1, 0.15) is 25.0 Å². The summed E-state index contributed by atoms with van der Waals surface area (Å²) in [6.07, 6.45) is 1.36. The average molecular weight is 178 g/mol. The van der Waals surface area contributed by atoms with Gasteiger partial charge in [-0.25, -0.2) is 0 Å².